The second kappa shape index (κ2) is 6.83. The normalized spacial score (nSPS) is 24.8. The molecule has 2 aliphatic heterocycles. The number of hydrogen-bond donors (Lipinski definition) is 0. The third-order valence-corrected chi connectivity index (χ3v) is 5.63. The minimum absolute atomic E-state index is 0.153. The van der Waals surface area contributed by atoms with Crippen molar-refractivity contribution in [2.24, 2.45) is 18.9 Å². The van der Waals surface area contributed by atoms with Gasteiger partial charge in [-0.1, -0.05) is 32.0 Å². The van der Waals surface area contributed by atoms with Crippen LogP contribution >= 0.6 is 0 Å². The molecule has 0 bridgehead atoms. The van der Waals surface area contributed by atoms with Gasteiger partial charge >= 0.3 is 0 Å². The highest BCUT2D eigenvalue weighted by Crippen LogP contribution is 2.38. The lowest BCUT2D eigenvalue weighted by atomic mass is 9.91. The summed E-state index contributed by atoms with van der Waals surface area (Å²) in [5.74, 6) is 1.83. The second-order valence-electron chi connectivity index (χ2n) is 8.06. The van der Waals surface area contributed by atoms with E-state index in [9.17, 15) is 9.59 Å². The van der Waals surface area contributed by atoms with E-state index in [-0.39, 0.29) is 17.5 Å². The molecule has 1 fully saturated rings. The summed E-state index contributed by atoms with van der Waals surface area (Å²) in [6.07, 6.45) is 1.83. The van der Waals surface area contributed by atoms with Gasteiger partial charge in [-0.2, -0.15) is 5.10 Å². The lowest BCUT2D eigenvalue weighted by Gasteiger charge is -2.38. The molecule has 27 heavy (non-hydrogen) atoms. The van der Waals surface area contributed by atoms with E-state index < -0.39 is 0 Å². The van der Waals surface area contributed by atoms with Crippen molar-refractivity contribution in [2.45, 2.75) is 32.7 Å². The van der Waals surface area contributed by atoms with Crippen molar-refractivity contribution in [3.63, 3.8) is 0 Å². The number of carbonyl (C=O) groups excluding carboxylic acids is 1. The number of amides is 1. The van der Waals surface area contributed by atoms with E-state index in [2.05, 4.69) is 25.0 Å². The number of hydrogen-bond acceptors (Lipinski definition) is 4. The van der Waals surface area contributed by atoms with Gasteiger partial charge in [-0.05, 0) is 36.0 Å². The van der Waals surface area contributed by atoms with Crippen molar-refractivity contribution in [1.82, 2.24) is 14.7 Å². The third-order valence-electron chi connectivity index (χ3n) is 5.63. The molecule has 0 radical (unpaired) electrons. The van der Waals surface area contributed by atoms with Gasteiger partial charge in [0, 0.05) is 38.3 Å². The predicted octanol–water partition coefficient (Wildman–Crippen LogP) is 2.35. The van der Waals surface area contributed by atoms with E-state index in [1.807, 2.05) is 28.0 Å². The van der Waals surface area contributed by atoms with Crippen molar-refractivity contribution in [3.8, 4) is 0 Å². The van der Waals surface area contributed by atoms with Gasteiger partial charge in [-0.3, -0.25) is 9.59 Å². The SMILES string of the molecule is CC1CC(C)CN(C(=O)[C@@H]2Cc3ccccc3N2c2ccc(=O)n(C)n2)C1. The van der Waals surface area contributed by atoms with Crippen LogP contribution in [0.25, 0.3) is 0 Å². The molecule has 6 nitrogen and oxygen atoms in total. The van der Waals surface area contributed by atoms with E-state index in [4.69, 9.17) is 0 Å². The smallest absolute Gasteiger partial charge is 0.266 e. The van der Waals surface area contributed by atoms with Crippen LogP contribution in [0, 0.1) is 11.8 Å². The molecule has 2 aromatic rings. The second-order valence-corrected chi connectivity index (χ2v) is 8.06. The summed E-state index contributed by atoms with van der Waals surface area (Å²) in [6.45, 7) is 6.05. The first-order chi connectivity index (χ1) is 12.9. The Morgan fingerprint density at radius 3 is 2.48 bits per heavy atom. The van der Waals surface area contributed by atoms with E-state index in [1.54, 1.807) is 13.1 Å². The lowest BCUT2D eigenvalue weighted by molar-refractivity contribution is -0.135. The maximum atomic E-state index is 13.5. The number of aryl methyl sites for hydroxylation is 1. The molecule has 3 atom stereocenters. The zero-order chi connectivity index (χ0) is 19.1. The number of likely N-dealkylation sites (tertiary alicyclic amines) is 1. The first kappa shape index (κ1) is 17.8. The minimum Gasteiger partial charge on any atom is -0.340 e. The maximum Gasteiger partial charge on any atom is 0.266 e. The van der Waals surface area contributed by atoms with Crippen LogP contribution in [0.3, 0.4) is 0 Å². The Morgan fingerprint density at radius 2 is 1.78 bits per heavy atom. The quantitative estimate of drug-likeness (QED) is 0.819. The molecule has 4 rings (SSSR count). The van der Waals surface area contributed by atoms with Gasteiger partial charge in [0.2, 0.25) is 5.91 Å². The number of nitrogens with zero attached hydrogens (tertiary/aromatic N) is 4. The highest BCUT2D eigenvalue weighted by Gasteiger charge is 2.39. The summed E-state index contributed by atoms with van der Waals surface area (Å²) in [5, 5.41) is 4.42. The molecular weight excluding hydrogens is 340 g/mol. The average molecular weight is 366 g/mol. The largest absolute Gasteiger partial charge is 0.340 e. The van der Waals surface area contributed by atoms with Crippen molar-refractivity contribution >= 4 is 17.4 Å². The zero-order valence-electron chi connectivity index (χ0n) is 16.1. The van der Waals surface area contributed by atoms with Crippen LogP contribution in [-0.2, 0) is 18.3 Å². The zero-order valence-corrected chi connectivity index (χ0v) is 16.1. The summed E-state index contributed by atoms with van der Waals surface area (Å²) < 4.78 is 1.32. The highest BCUT2D eigenvalue weighted by atomic mass is 16.2. The van der Waals surface area contributed by atoms with Gasteiger partial charge in [0.1, 0.15) is 6.04 Å². The number of fused-ring (bicyclic) bond motifs is 1. The fourth-order valence-electron chi connectivity index (χ4n) is 4.54. The van der Waals surface area contributed by atoms with E-state index >= 15 is 0 Å². The summed E-state index contributed by atoms with van der Waals surface area (Å²) >= 11 is 0. The number of rotatable bonds is 2. The van der Waals surface area contributed by atoms with Crippen molar-refractivity contribution in [1.29, 1.82) is 0 Å². The third kappa shape index (κ3) is 3.24. The Labute approximate surface area is 159 Å². The fourth-order valence-corrected chi connectivity index (χ4v) is 4.54. The molecular formula is C21H26N4O2. The maximum absolute atomic E-state index is 13.5. The van der Waals surface area contributed by atoms with Gasteiger partial charge in [0.15, 0.2) is 5.82 Å². The Balaban J connectivity index is 1.71. The molecule has 142 valence electrons. The molecule has 0 aliphatic carbocycles. The van der Waals surface area contributed by atoms with Gasteiger partial charge in [-0.25, -0.2) is 4.68 Å². The van der Waals surface area contributed by atoms with Crippen LogP contribution in [0.2, 0.25) is 0 Å². The standard InChI is InChI=1S/C21H26N4O2/c1-14-10-15(2)13-24(12-14)21(27)18-11-16-6-4-5-7-17(16)25(18)19-8-9-20(26)23(3)22-19/h4-9,14-15,18H,10-13H2,1-3H3/t14?,15?,18-/m0/s1. The Kier molecular flexibility index (Phi) is 4.50. The van der Waals surface area contributed by atoms with Crippen LogP contribution < -0.4 is 10.5 Å². The Hall–Kier alpha value is -2.63. The van der Waals surface area contributed by atoms with Crippen molar-refractivity contribution < 1.29 is 4.79 Å². The monoisotopic (exact) mass is 366 g/mol. The van der Waals surface area contributed by atoms with Crippen molar-refractivity contribution in [3.05, 3.63) is 52.3 Å². The molecule has 2 unspecified atom stereocenters. The molecule has 1 aromatic carbocycles. The van der Waals surface area contributed by atoms with Crippen LogP contribution in [0.5, 0.6) is 0 Å². The first-order valence-corrected chi connectivity index (χ1v) is 9.64. The average Bonchev–Trinajstić information content (AvgIpc) is 3.02. The number of piperidine rings is 1. The van der Waals surface area contributed by atoms with E-state index in [0.717, 1.165) is 24.3 Å². The van der Waals surface area contributed by atoms with Gasteiger partial charge in [-0.15, -0.1) is 0 Å². The van der Waals surface area contributed by atoms with Gasteiger partial charge in [0.05, 0.1) is 0 Å². The van der Waals surface area contributed by atoms with Gasteiger partial charge < -0.3 is 9.80 Å². The molecule has 1 saturated heterocycles. The van der Waals surface area contributed by atoms with Crippen LogP contribution in [0.15, 0.2) is 41.2 Å². The topological polar surface area (TPSA) is 58.4 Å². The Morgan fingerprint density at radius 1 is 1.07 bits per heavy atom. The van der Waals surface area contributed by atoms with Crippen LogP contribution in [0.1, 0.15) is 25.8 Å². The molecule has 6 heteroatoms. The molecule has 0 saturated carbocycles. The van der Waals surface area contributed by atoms with E-state index in [0.29, 0.717) is 24.1 Å². The number of benzene rings is 1. The van der Waals surface area contributed by atoms with E-state index in [1.165, 1.54) is 17.2 Å². The lowest BCUT2D eigenvalue weighted by Crippen LogP contribution is -2.51. The molecule has 1 aromatic heterocycles. The number of aromatic nitrogens is 2. The van der Waals surface area contributed by atoms with Crippen LogP contribution in [0.4, 0.5) is 11.5 Å². The van der Waals surface area contributed by atoms with Gasteiger partial charge in [0.25, 0.3) is 5.56 Å². The summed E-state index contributed by atoms with van der Waals surface area (Å²) in [5.41, 5.74) is 1.98. The highest BCUT2D eigenvalue weighted by molar-refractivity contribution is 5.91. The summed E-state index contributed by atoms with van der Waals surface area (Å²) in [7, 11) is 1.64. The minimum atomic E-state index is -0.315. The predicted molar refractivity (Wildman–Crippen MR) is 105 cm³/mol. The molecule has 2 aliphatic rings. The van der Waals surface area contributed by atoms with Crippen LogP contribution in [-0.4, -0.2) is 39.7 Å². The fraction of sp³-hybridized carbons (Fsp3) is 0.476. The number of para-hydroxylation sites is 1. The van der Waals surface area contributed by atoms with Crippen molar-refractivity contribution in [2.75, 3.05) is 18.0 Å². The Bertz CT molecular complexity index is 912. The molecule has 0 N–H and O–H groups in total. The number of carbonyl (C=O) groups is 1. The number of anilines is 2. The molecule has 0 spiro atoms. The summed E-state index contributed by atoms with van der Waals surface area (Å²) in [6, 6.07) is 11.0. The first-order valence-electron chi connectivity index (χ1n) is 9.64. The molecule has 1 amide bonds. The summed E-state index contributed by atoms with van der Waals surface area (Å²) in [4.78, 5) is 29.3. The molecule has 3 heterocycles.